The van der Waals surface area contributed by atoms with Crippen LogP contribution in [0.15, 0.2) is 18.8 Å². The van der Waals surface area contributed by atoms with Gasteiger partial charge in [-0.15, -0.1) is 0 Å². The first kappa shape index (κ1) is 7.92. The van der Waals surface area contributed by atoms with Crippen LogP contribution in [0.5, 0.6) is 0 Å². The summed E-state index contributed by atoms with van der Waals surface area (Å²) in [4.78, 5) is 5.20. The van der Waals surface area contributed by atoms with Gasteiger partial charge in [-0.2, -0.15) is 0 Å². The standard InChI is InChI=1S/C9H14N2/c1-7(2)8-5-6-10-9(8)11(3)4/h5-6,10H,1H2,2-4H3. The van der Waals surface area contributed by atoms with E-state index in [9.17, 15) is 0 Å². The normalized spacial score (nSPS) is 9.73. The molecule has 0 unspecified atom stereocenters. The lowest BCUT2D eigenvalue weighted by molar-refractivity contribution is 1.08. The third-order valence-electron chi connectivity index (χ3n) is 1.63. The molecule has 1 heterocycles. The molecule has 0 fully saturated rings. The largest absolute Gasteiger partial charge is 0.364 e. The van der Waals surface area contributed by atoms with Crippen LogP contribution in [0.3, 0.4) is 0 Å². The molecule has 0 radical (unpaired) electrons. The van der Waals surface area contributed by atoms with Gasteiger partial charge in [0.2, 0.25) is 0 Å². The van der Waals surface area contributed by atoms with Gasteiger partial charge in [0.05, 0.1) is 0 Å². The molecule has 1 rings (SSSR count). The van der Waals surface area contributed by atoms with Crippen LogP contribution < -0.4 is 4.90 Å². The van der Waals surface area contributed by atoms with Crippen molar-refractivity contribution in [3.63, 3.8) is 0 Å². The summed E-state index contributed by atoms with van der Waals surface area (Å²) in [6, 6.07) is 2.04. The first-order chi connectivity index (χ1) is 5.13. The molecule has 1 N–H and O–H groups in total. The van der Waals surface area contributed by atoms with Crippen LogP contribution >= 0.6 is 0 Å². The van der Waals surface area contributed by atoms with Crippen molar-refractivity contribution in [2.75, 3.05) is 19.0 Å². The second kappa shape index (κ2) is 2.82. The number of hydrogen-bond acceptors (Lipinski definition) is 1. The van der Waals surface area contributed by atoms with Gasteiger partial charge in [0.25, 0.3) is 0 Å². The van der Waals surface area contributed by atoms with Crippen LogP contribution in [-0.4, -0.2) is 19.1 Å². The van der Waals surface area contributed by atoms with Crippen molar-refractivity contribution < 1.29 is 0 Å². The summed E-state index contributed by atoms with van der Waals surface area (Å²) in [7, 11) is 4.02. The molecule has 0 bridgehead atoms. The maximum absolute atomic E-state index is 3.89. The van der Waals surface area contributed by atoms with Gasteiger partial charge in [0.1, 0.15) is 5.82 Å². The summed E-state index contributed by atoms with van der Waals surface area (Å²) in [6.07, 6.45) is 1.93. The van der Waals surface area contributed by atoms with Crippen molar-refractivity contribution in [1.82, 2.24) is 4.98 Å². The van der Waals surface area contributed by atoms with E-state index in [0.29, 0.717) is 0 Å². The van der Waals surface area contributed by atoms with Gasteiger partial charge in [-0.3, -0.25) is 0 Å². The van der Waals surface area contributed by atoms with Gasteiger partial charge in [-0.25, -0.2) is 0 Å². The predicted octanol–water partition coefficient (Wildman–Crippen LogP) is 2.11. The molecule has 2 nitrogen and oxygen atoms in total. The third kappa shape index (κ3) is 1.45. The summed E-state index contributed by atoms with van der Waals surface area (Å²) in [5.74, 6) is 1.12. The molecule has 0 aromatic carbocycles. The lowest BCUT2D eigenvalue weighted by atomic mass is 10.2. The van der Waals surface area contributed by atoms with Gasteiger partial charge in [0, 0.05) is 25.9 Å². The minimum absolute atomic E-state index is 1.09. The Bertz CT molecular complexity index is 258. The van der Waals surface area contributed by atoms with Crippen LogP contribution in [0.25, 0.3) is 5.57 Å². The van der Waals surface area contributed by atoms with Crippen LogP contribution in [0.2, 0.25) is 0 Å². The molecule has 0 amide bonds. The summed E-state index contributed by atoms with van der Waals surface area (Å²) >= 11 is 0. The van der Waals surface area contributed by atoms with Crippen LogP contribution in [0, 0.1) is 0 Å². The Labute approximate surface area is 67.5 Å². The van der Waals surface area contributed by atoms with Crippen molar-refractivity contribution in [2.45, 2.75) is 6.92 Å². The summed E-state index contributed by atoms with van der Waals surface area (Å²) in [5.41, 5.74) is 2.28. The fraction of sp³-hybridized carbons (Fsp3) is 0.333. The zero-order valence-corrected chi connectivity index (χ0v) is 7.31. The highest BCUT2D eigenvalue weighted by Crippen LogP contribution is 2.22. The molecule has 1 aromatic heterocycles. The number of rotatable bonds is 2. The number of aromatic amines is 1. The van der Waals surface area contributed by atoms with Crippen LogP contribution in [0.4, 0.5) is 5.82 Å². The van der Waals surface area contributed by atoms with E-state index in [1.807, 2.05) is 38.2 Å². The van der Waals surface area contributed by atoms with Crippen molar-refractivity contribution in [3.8, 4) is 0 Å². The van der Waals surface area contributed by atoms with Gasteiger partial charge in [0.15, 0.2) is 0 Å². The minimum Gasteiger partial charge on any atom is -0.364 e. The van der Waals surface area contributed by atoms with E-state index in [0.717, 1.165) is 11.4 Å². The van der Waals surface area contributed by atoms with Crippen molar-refractivity contribution >= 4 is 11.4 Å². The smallest absolute Gasteiger partial charge is 0.112 e. The van der Waals surface area contributed by atoms with E-state index in [4.69, 9.17) is 0 Å². The van der Waals surface area contributed by atoms with Gasteiger partial charge in [-0.05, 0) is 18.6 Å². The highest BCUT2D eigenvalue weighted by atomic mass is 15.1. The van der Waals surface area contributed by atoms with Gasteiger partial charge in [-0.1, -0.05) is 6.58 Å². The fourth-order valence-corrected chi connectivity index (χ4v) is 1.08. The Kier molecular flexibility index (Phi) is 2.03. The van der Waals surface area contributed by atoms with E-state index in [1.54, 1.807) is 0 Å². The highest BCUT2D eigenvalue weighted by Gasteiger charge is 2.04. The molecular weight excluding hydrogens is 136 g/mol. The molecule has 0 atom stereocenters. The molecule has 0 saturated carbocycles. The molecule has 0 spiro atoms. The number of allylic oxidation sites excluding steroid dienone is 1. The maximum atomic E-state index is 3.89. The SMILES string of the molecule is C=C(C)c1cc[nH]c1N(C)C. The van der Waals surface area contributed by atoms with Crippen LogP contribution in [-0.2, 0) is 0 Å². The second-order valence-corrected chi connectivity index (χ2v) is 2.91. The minimum atomic E-state index is 1.09. The first-order valence-electron chi connectivity index (χ1n) is 3.63. The molecule has 0 aliphatic rings. The molecule has 0 aliphatic carbocycles. The molecule has 60 valence electrons. The molecule has 0 aliphatic heterocycles. The van der Waals surface area contributed by atoms with E-state index < -0.39 is 0 Å². The molecular formula is C9H14N2. The molecule has 2 heteroatoms. The number of aromatic nitrogens is 1. The number of H-pyrrole nitrogens is 1. The Morgan fingerprint density at radius 1 is 1.55 bits per heavy atom. The quantitative estimate of drug-likeness (QED) is 0.684. The van der Waals surface area contributed by atoms with Crippen molar-refractivity contribution in [1.29, 1.82) is 0 Å². The monoisotopic (exact) mass is 150 g/mol. The maximum Gasteiger partial charge on any atom is 0.112 e. The molecule has 1 aromatic rings. The second-order valence-electron chi connectivity index (χ2n) is 2.91. The zero-order chi connectivity index (χ0) is 8.43. The highest BCUT2D eigenvalue weighted by molar-refractivity contribution is 5.72. The Balaban J connectivity index is 3.06. The first-order valence-corrected chi connectivity index (χ1v) is 3.63. The van der Waals surface area contributed by atoms with Crippen LogP contribution in [0.1, 0.15) is 12.5 Å². The number of nitrogens with zero attached hydrogens (tertiary/aromatic N) is 1. The predicted molar refractivity (Wildman–Crippen MR) is 49.8 cm³/mol. The van der Waals surface area contributed by atoms with Gasteiger partial charge >= 0.3 is 0 Å². The Morgan fingerprint density at radius 3 is 2.55 bits per heavy atom. The average molecular weight is 150 g/mol. The Morgan fingerprint density at radius 2 is 2.18 bits per heavy atom. The number of anilines is 1. The number of nitrogens with one attached hydrogen (secondary N) is 1. The summed E-state index contributed by atoms with van der Waals surface area (Å²) in [6.45, 7) is 5.90. The number of hydrogen-bond donors (Lipinski definition) is 1. The zero-order valence-electron chi connectivity index (χ0n) is 7.31. The summed E-state index contributed by atoms with van der Waals surface area (Å²) in [5, 5.41) is 0. The lowest BCUT2D eigenvalue weighted by Gasteiger charge is -2.12. The van der Waals surface area contributed by atoms with E-state index in [2.05, 4.69) is 11.6 Å². The fourth-order valence-electron chi connectivity index (χ4n) is 1.08. The summed E-state index contributed by atoms with van der Waals surface area (Å²) < 4.78 is 0. The van der Waals surface area contributed by atoms with Crippen molar-refractivity contribution in [3.05, 3.63) is 24.4 Å². The van der Waals surface area contributed by atoms with E-state index in [-0.39, 0.29) is 0 Å². The van der Waals surface area contributed by atoms with E-state index >= 15 is 0 Å². The lowest BCUT2D eigenvalue weighted by Crippen LogP contribution is -2.10. The van der Waals surface area contributed by atoms with E-state index in [1.165, 1.54) is 5.56 Å². The Hall–Kier alpha value is -1.18. The topological polar surface area (TPSA) is 19.0 Å². The molecule has 11 heavy (non-hydrogen) atoms. The third-order valence-corrected chi connectivity index (χ3v) is 1.63. The van der Waals surface area contributed by atoms with Crippen molar-refractivity contribution in [2.24, 2.45) is 0 Å². The average Bonchev–Trinajstić information content (AvgIpc) is 2.32. The van der Waals surface area contributed by atoms with Gasteiger partial charge < -0.3 is 9.88 Å². The molecule has 0 saturated heterocycles.